The first-order valence-corrected chi connectivity index (χ1v) is 5.35. The number of rotatable bonds is 4. The molecule has 0 fully saturated rings. The van der Waals surface area contributed by atoms with Gasteiger partial charge in [-0.1, -0.05) is 0 Å². The van der Waals surface area contributed by atoms with E-state index in [-0.39, 0.29) is 0 Å². The Hall–Kier alpha value is -0.390. The summed E-state index contributed by atoms with van der Waals surface area (Å²) in [6, 6.07) is 0. The van der Waals surface area contributed by atoms with Crippen molar-refractivity contribution in [1.82, 2.24) is 14.7 Å². The number of aliphatic hydroxyl groups is 1. The Morgan fingerprint density at radius 2 is 2.29 bits per heavy atom. The van der Waals surface area contributed by atoms with E-state index in [0.29, 0.717) is 0 Å². The average molecular weight is 262 g/mol. The van der Waals surface area contributed by atoms with E-state index in [1.807, 2.05) is 18.8 Å². The van der Waals surface area contributed by atoms with Gasteiger partial charge in [0.05, 0.1) is 29.0 Å². The minimum absolute atomic E-state index is 0.492. The molecule has 1 unspecified atom stereocenters. The minimum atomic E-state index is -0.492. The van der Waals surface area contributed by atoms with Gasteiger partial charge in [-0.25, -0.2) is 0 Å². The van der Waals surface area contributed by atoms with E-state index < -0.39 is 6.10 Å². The second-order valence-corrected chi connectivity index (χ2v) is 4.43. The van der Waals surface area contributed by atoms with E-state index in [9.17, 15) is 5.11 Å². The first-order chi connectivity index (χ1) is 6.52. The molecule has 0 aliphatic carbocycles. The van der Waals surface area contributed by atoms with E-state index in [1.54, 1.807) is 13.1 Å². The maximum Gasteiger partial charge on any atom is 0.0940 e. The van der Waals surface area contributed by atoms with E-state index in [2.05, 4.69) is 25.9 Å². The van der Waals surface area contributed by atoms with Gasteiger partial charge in [-0.3, -0.25) is 4.68 Å². The van der Waals surface area contributed by atoms with Gasteiger partial charge in [0.15, 0.2) is 0 Å². The molecule has 5 heteroatoms. The Labute approximate surface area is 92.6 Å². The third kappa shape index (κ3) is 2.80. The summed E-state index contributed by atoms with van der Waals surface area (Å²) in [5.74, 6) is 0. The monoisotopic (exact) mass is 261 g/mol. The molecule has 1 aromatic rings. The molecule has 0 amide bonds. The van der Waals surface area contributed by atoms with Crippen molar-refractivity contribution >= 4 is 15.9 Å². The number of likely N-dealkylation sites (N-methyl/N-ethyl adjacent to an activating group) is 1. The van der Waals surface area contributed by atoms with Crippen molar-refractivity contribution in [3.8, 4) is 0 Å². The number of aromatic nitrogens is 2. The van der Waals surface area contributed by atoms with Crippen LogP contribution in [0.2, 0.25) is 0 Å². The van der Waals surface area contributed by atoms with Gasteiger partial charge < -0.3 is 10.0 Å². The summed E-state index contributed by atoms with van der Waals surface area (Å²) < 4.78 is 2.70. The van der Waals surface area contributed by atoms with E-state index in [4.69, 9.17) is 0 Å². The number of hydrogen-bond donors (Lipinski definition) is 1. The number of aliphatic hydroxyl groups excluding tert-OH is 1. The molecule has 0 bridgehead atoms. The molecule has 4 nitrogen and oxygen atoms in total. The maximum absolute atomic E-state index is 9.54. The highest BCUT2D eigenvalue weighted by molar-refractivity contribution is 9.10. The van der Waals surface area contributed by atoms with Crippen molar-refractivity contribution in [3.63, 3.8) is 0 Å². The van der Waals surface area contributed by atoms with Crippen molar-refractivity contribution in [1.29, 1.82) is 0 Å². The van der Waals surface area contributed by atoms with Crippen LogP contribution in [0.15, 0.2) is 10.7 Å². The fraction of sp³-hybridized carbons (Fsp3) is 0.667. The predicted molar refractivity (Wildman–Crippen MR) is 59.1 cm³/mol. The van der Waals surface area contributed by atoms with Gasteiger partial charge >= 0.3 is 0 Å². The molecule has 1 rings (SSSR count). The van der Waals surface area contributed by atoms with Gasteiger partial charge in [-0.05, 0) is 36.9 Å². The van der Waals surface area contributed by atoms with E-state index in [1.165, 1.54) is 0 Å². The molecule has 0 spiro atoms. The minimum Gasteiger partial charge on any atom is -0.387 e. The third-order valence-corrected chi connectivity index (χ3v) is 2.60. The molecule has 1 atom stereocenters. The second-order valence-electron chi connectivity index (χ2n) is 3.58. The van der Waals surface area contributed by atoms with Crippen LogP contribution in [0.1, 0.15) is 18.7 Å². The Bertz CT molecular complexity index is 296. The smallest absolute Gasteiger partial charge is 0.0940 e. The largest absolute Gasteiger partial charge is 0.387 e. The van der Waals surface area contributed by atoms with Crippen LogP contribution in [0.3, 0.4) is 0 Å². The summed E-state index contributed by atoms with van der Waals surface area (Å²) in [7, 11) is 4.03. The fourth-order valence-electron chi connectivity index (χ4n) is 1.26. The Morgan fingerprint density at radius 3 is 2.79 bits per heavy atom. The van der Waals surface area contributed by atoms with Crippen LogP contribution in [0.4, 0.5) is 0 Å². The maximum atomic E-state index is 9.54. The lowest BCUT2D eigenvalue weighted by Crippen LogP contribution is -2.20. The summed E-state index contributed by atoms with van der Waals surface area (Å²) in [5, 5.41) is 13.7. The molecule has 1 aromatic heterocycles. The zero-order valence-corrected chi connectivity index (χ0v) is 10.3. The third-order valence-electron chi connectivity index (χ3n) is 1.99. The van der Waals surface area contributed by atoms with Gasteiger partial charge in [-0.2, -0.15) is 5.10 Å². The summed E-state index contributed by atoms with van der Waals surface area (Å²) in [4.78, 5) is 2.08. The molecule has 0 saturated carbocycles. The molecule has 14 heavy (non-hydrogen) atoms. The Kier molecular flexibility index (Phi) is 4.10. The van der Waals surface area contributed by atoms with Gasteiger partial charge in [0.25, 0.3) is 0 Å². The highest BCUT2D eigenvalue weighted by Crippen LogP contribution is 2.22. The van der Waals surface area contributed by atoms with Gasteiger partial charge in [0, 0.05) is 6.54 Å². The van der Waals surface area contributed by atoms with Crippen molar-refractivity contribution in [3.05, 3.63) is 16.4 Å². The quantitative estimate of drug-likeness (QED) is 0.888. The summed E-state index contributed by atoms with van der Waals surface area (Å²) in [6.45, 7) is 3.45. The van der Waals surface area contributed by atoms with Gasteiger partial charge in [-0.15, -0.1) is 0 Å². The van der Waals surface area contributed by atoms with Crippen LogP contribution < -0.4 is 0 Å². The highest BCUT2D eigenvalue weighted by Gasteiger charge is 2.13. The topological polar surface area (TPSA) is 41.3 Å². The SMILES string of the molecule is CC(O)c1c(Br)cnn1CCN(C)C. The van der Waals surface area contributed by atoms with E-state index in [0.717, 1.165) is 23.3 Å². The molecule has 0 radical (unpaired) electrons. The van der Waals surface area contributed by atoms with Crippen LogP contribution >= 0.6 is 15.9 Å². The number of halogens is 1. The molecule has 1 N–H and O–H groups in total. The van der Waals surface area contributed by atoms with Crippen LogP contribution in [0.25, 0.3) is 0 Å². The highest BCUT2D eigenvalue weighted by atomic mass is 79.9. The lowest BCUT2D eigenvalue weighted by atomic mass is 10.3. The number of hydrogen-bond acceptors (Lipinski definition) is 3. The van der Waals surface area contributed by atoms with Crippen LogP contribution in [0, 0.1) is 0 Å². The zero-order chi connectivity index (χ0) is 10.7. The molecule has 0 saturated heterocycles. The van der Waals surface area contributed by atoms with Crippen molar-refractivity contribution in [2.24, 2.45) is 0 Å². The zero-order valence-electron chi connectivity index (χ0n) is 8.74. The lowest BCUT2D eigenvalue weighted by molar-refractivity contribution is 0.184. The first kappa shape index (κ1) is 11.7. The standard InChI is InChI=1S/C9H16BrN3O/c1-7(14)9-8(10)6-11-13(9)5-4-12(2)3/h6-7,14H,4-5H2,1-3H3. The molecule has 80 valence electrons. The predicted octanol–water partition coefficient (Wildman–Crippen LogP) is 1.26. The lowest BCUT2D eigenvalue weighted by Gasteiger charge is -2.13. The molecular formula is C9H16BrN3O. The summed E-state index contributed by atoms with van der Waals surface area (Å²) >= 11 is 3.37. The number of nitrogens with zero attached hydrogens (tertiary/aromatic N) is 3. The summed E-state index contributed by atoms with van der Waals surface area (Å²) in [5.41, 5.74) is 0.840. The van der Waals surface area contributed by atoms with Gasteiger partial charge in [0.1, 0.15) is 0 Å². The van der Waals surface area contributed by atoms with Crippen LogP contribution in [0.5, 0.6) is 0 Å². The molecule has 0 aromatic carbocycles. The Balaban J connectivity index is 2.76. The molecule has 1 heterocycles. The van der Waals surface area contributed by atoms with Gasteiger partial charge in [0.2, 0.25) is 0 Å². The second kappa shape index (κ2) is 4.91. The molecule has 0 aliphatic heterocycles. The first-order valence-electron chi connectivity index (χ1n) is 4.56. The van der Waals surface area contributed by atoms with Crippen molar-refractivity contribution < 1.29 is 5.11 Å². The van der Waals surface area contributed by atoms with Crippen molar-refractivity contribution in [2.45, 2.75) is 19.6 Å². The summed E-state index contributed by atoms with van der Waals surface area (Å²) in [6.07, 6.45) is 1.23. The normalized spacial score (nSPS) is 13.6. The van der Waals surface area contributed by atoms with Crippen LogP contribution in [-0.2, 0) is 6.54 Å². The molecular weight excluding hydrogens is 246 g/mol. The van der Waals surface area contributed by atoms with E-state index >= 15 is 0 Å². The fourth-order valence-corrected chi connectivity index (χ4v) is 1.89. The van der Waals surface area contributed by atoms with Crippen LogP contribution in [-0.4, -0.2) is 40.4 Å². The average Bonchev–Trinajstić information content (AvgIpc) is 2.43. The Morgan fingerprint density at radius 1 is 1.64 bits per heavy atom. The van der Waals surface area contributed by atoms with Crippen molar-refractivity contribution in [2.75, 3.05) is 20.6 Å². The molecule has 0 aliphatic rings.